The largest absolute Gasteiger partial charge is 0.384 e. The average Bonchev–Trinajstić information content (AvgIpc) is 3.29. The molecule has 4 aromatic rings. The van der Waals surface area contributed by atoms with Gasteiger partial charge in [0, 0.05) is 31.1 Å². The van der Waals surface area contributed by atoms with Crippen LogP contribution in [0.3, 0.4) is 0 Å². The molecule has 0 aliphatic carbocycles. The molecule has 2 heterocycles. The number of hydrogen-bond donors (Lipinski definition) is 3. The Kier molecular flexibility index (Phi) is 8.37. The van der Waals surface area contributed by atoms with Crippen LogP contribution in [-0.4, -0.2) is 34.4 Å². The molecule has 0 spiro atoms. The summed E-state index contributed by atoms with van der Waals surface area (Å²) >= 11 is 0. The van der Waals surface area contributed by atoms with E-state index in [1.807, 2.05) is 47.4 Å². The number of nitrogens with one attached hydrogen (secondary N) is 2. The number of amides is 1. The molecule has 0 saturated carbocycles. The van der Waals surface area contributed by atoms with Crippen LogP contribution in [0.5, 0.6) is 0 Å². The zero-order chi connectivity index (χ0) is 27.2. The van der Waals surface area contributed by atoms with Crippen LogP contribution in [0.15, 0.2) is 72.8 Å². The molecule has 0 bridgehead atoms. The summed E-state index contributed by atoms with van der Waals surface area (Å²) in [7, 11) is 2.05. The lowest BCUT2D eigenvalue weighted by Crippen LogP contribution is -2.32. The van der Waals surface area contributed by atoms with Crippen molar-refractivity contribution in [2.45, 2.75) is 45.1 Å². The third-order valence-corrected chi connectivity index (χ3v) is 7.88. The van der Waals surface area contributed by atoms with Crippen LogP contribution < -0.4 is 16.0 Å². The molecule has 1 saturated heterocycles. The molecule has 1 aliphatic rings. The highest BCUT2D eigenvalue weighted by Gasteiger charge is 2.21. The number of nitrogens with zero attached hydrogens (tertiary/aromatic N) is 3. The maximum Gasteiger partial charge on any atom is 0.227 e. The number of piperidine rings is 1. The first-order valence-corrected chi connectivity index (χ1v) is 13.9. The number of hydrogen-bond acceptors (Lipinski definition) is 4. The Morgan fingerprint density at radius 2 is 1.77 bits per heavy atom. The number of anilines is 1. The molecule has 1 amide bonds. The summed E-state index contributed by atoms with van der Waals surface area (Å²) < 4.78 is 2.14. The van der Waals surface area contributed by atoms with Gasteiger partial charge in [-0.15, -0.1) is 0 Å². The first kappa shape index (κ1) is 26.6. The Morgan fingerprint density at radius 1 is 1.03 bits per heavy atom. The highest BCUT2D eigenvalue weighted by molar-refractivity contribution is 5.95. The third-order valence-electron chi connectivity index (χ3n) is 7.88. The van der Waals surface area contributed by atoms with Crippen molar-refractivity contribution < 1.29 is 4.79 Å². The summed E-state index contributed by atoms with van der Waals surface area (Å²) in [5, 5.41) is 11.0. The van der Waals surface area contributed by atoms with Crippen molar-refractivity contribution in [2.75, 3.05) is 18.0 Å². The lowest BCUT2D eigenvalue weighted by Gasteiger charge is -2.26. The molecular weight excluding hydrogens is 484 g/mol. The summed E-state index contributed by atoms with van der Waals surface area (Å²) in [4.78, 5) is 20.5. The topological polar surface area (TPSA) is 100 Å². The molecule has 5 rings (SSSR count). The number of aryl methyl sites for hydroxylation is 3. The quantitative estimate of drug-likeness (QED) is 0.203. The van der Waals surface area contributed by atoms with Crippen molar-refractivity contribution in [1.29, 1.82) is 5.41 Å². The van der Waals surface area contributed by atoms with Crippen molar-refractivity contribution in [2.24, 2.45) is 18.7 Å². The number of benzene rings is 3. The molecule has 7 heteroatoms. The van der Waals surface area contributed by atoms with Crippen LogP contribution in [0.4, 0.5) is 5.69 Å². The number of carbonyl (C=O) groups is 1. The van der Waals surface area contributed by atoms with E-state index in [1.165, 1.54) is 5.56 Å². The summed E-state index contributed by atoms with van der Waals surface area (Å²) in [6.07, 6.45) is 5.44. The zero-order valence-corrected chi connectivity index (χ0v) is 22.7. The van der Waals surface area contributed by atoms with Gasteiger partial charge < -0.3 is 20.5 Å². The second kappa shape index (κ2) is 12.3. The maximum atomic E-state index is 13.6. The van der Waals surface area contributed by atoms with Crippen LogP contribution >= 0.6 is 0 Å². The van der Waals surface area contributed by atoms with Gasteiger partial charge in [-0.05, 0) is 74.0 Å². The monoisotopic (exact) mass is 522 g/mol. The van der Waals surface area contributed by atoms with Crippen molar-refractivity contribution in [3.05, 3.63) is 95.3 Å². The SMILES string of the molecule is Cn1c(CCc2ccc(C(=N)N)cc2)nc2cc(N(Cc3ccccc3)C(=O)CCC3CCNCC3)ccc21. The second-order valence-corrected chi connectivity index (χ2v) is 10.6. The normalized spacial score (nSPS) is 14.0. The van der Waals surface area contributed by atoms with Gasteiger partial charge in [0.15, 0.2) is 0 Å². The van der Waals surface area contributed by atoms with E-state index in [9.17, 15) is 4.79 Å². The van der Waals surface area contributed by atoms with E-state index in [2.05, 4.69) is 47.3 Å². The standard InChI is InChI=1S/C32H38N6O/c1-37-29-14-13-27(21-28(29)36-30(37)15-9-23-7-11-26(12-8-23)32(33)34)38(22-25-5-3-2-4-6-25)31(39)16-10-24-17-19-35-20-18-24/h2-8,11-14,21,24,35H,9-10,15-20,22H2,1H3,(H3,33,34). The summed E-state index contributed by atoms with van der Waals surface area (Å²) in [6.45, 7) is 2.65. The smallest absolute Gasteiger partial charge is 0.227 e. The van der Waals surface area contributed by atoms with E-state index in [-0.39, 0.29) is 11.7 Å². The van der Waals surface area contributed by atoms with Crippen molar-refractivity contribution in [1.82, 2.24) is 14.9 Å². The number of imidazole rings is 1. The Labute approximate surface area is 230 Å². The number of nitrogen functional groups attached to an aromatic ring is 1. The van der Waals surface area contributed by atoms with E-state index in [1.54, 1.807) is 0 Å². The third kappa shape index (κ3) is 6.55. The second-order valence-electron chi connectivity index (χ2n) is 10.6. The van der Waals surface area contributed by atoms with Gasteiger partial charge in [-0.2, -0.15) is 0 Å². The molecule has 4 N–H and O–H groups in total. The van der Waals surface area contributed by atoms with E-state index >= 15 is 0 Å². The van der Waals surface area contributed by atoms with Crippen LogP contribution in [0.25, 0.3) is 11.0 Å². The van der Waals surface area contributed by atoms with E-state index < -0.39 is 0 Å². The highest BCUT2D eigenvalue weighted by atomic mass is 16.2. The lowest BCUT2D eigenvalue weighted by atomic mass is 9.93. The molecule has 3 aromatic carbocycles. The molecule has 0 unspecified atom stereocenters. The number of amidine groups is 1. The lowest BCUT2D eigenvalue weighted by molar-refractivity contribution is -0.119. The molecular formula is C32H38N6O. The van der Waals surface area contributed by atoms with Crippen molar-refractivity contribution in [3.63, 3.8) is 0 Å². The molecule has 7 nitrogen and oxygen atoms in total. The van der Waals surface area contributed by atoms with Gasteiger partial charge in [0.1, 0.15) is 11.7 Å². The zero-order valence-electron chi connectivity index (χ0n) is 22.7. The van der Waals surface area contributed by atoms with Crippen LogP contribution in [0.1, 0.15) is 48.2 Å². The van der Waals surface area contributed by atoms with E-state index in [0.717, 1.165) is 78.9 Å². The highest BCUT2D eigenvalue weighted by Crippen LogP contribution is 2.27. The van der Waals surface area contributed by atoms with Gasteiger partial charge in [0.05, 0.1) is 17.6 Å². The summed E-state index contributed by atoms with van der Waals surface area (Å²) in [6, 6.07) is 24.2. The number of carbonyl (C=O) groups excluding carboxylic acids is 1. The first-order valence-electron chi connectivity index (χ1n) is 13.9. The minimum Gasteiger partial charge on any atom is -0.384 e. The molecule has 1 aliphatic heterocycles. The van der Waals surface area contributed by atoms with E-state index in [4.69, 9.17) is 16.1 Å². The van der Waals surface area contributed by atoms with Gasteiger partial charge in [-0.1, -0.05) is 54.6 Å². The van der Waals surface area contributed by atoms with Gasteiger partial charge in [0.2, 0.25) is 5.91 Å². The van der Waals surface area contributed by atoms with Crippen molar-refractivity contribution in [3.8, 4) is 0 Å². The molecule has 0 radical (unpaired) electrons. The van der Waals surface area contributed by atoms with Gasteiger partial charge in [-0.3, -0.25) is 10.2 Å². The molecule has 202 valence electrons. The van der Waals surface area contributed by atoms with Gasteiger partial charge >= 0.3 is 0 Å². The number of nitrogens with two attached hydrogens (primary N) is 1. The minimum absolute atomic E-state index is 0.0822. The van der Waals surface area contributed by atoms with Crippen LogP contribution in [-0.2, 0) is 31.2 Å². The average molecular weight is 523 g/mol. The maximum absolute atomic E-state index is 13.6. The van der Waals surface area contributed by atoms with Gasteiger partial charge in [0.25, 0.3) is 0 Å². The first-order chi connectivity index (χ1) is 19.0. The minimum atomic E-state index is 0.0822. The molecule has 1 fully saturated rings. The Bertz CT molecular complexity index is 1420. The Morgan fingerprint density at radius 3 is 2.49 bits per heavy atom. The Hall–Kier alpha value is -3.97. The fraction of sp³-hybridized carbons (Fsp3) is 0.344. The fourth-order valence-electron chi connectivity index (χ4n) is 5.46. The van der Waals surface area contributed by atoms with Crippen LogP contribution in [0.2, 0.25) is 0 Å². The Balaban J connectivity index is 1.34. The number of fused-ring (bicyclic) bond motifs is 1. The molecule has 0 atom stereocenters. The van der Waals surface area contributed by atoms with E-state index in [0.29, 0.717) is 18.9 Å². The molecule has 1 aromatic heterocycles. The van der Waals surface area contributed by atoms with Gasteiger partial charge in [-0.25, -0.2) is 4.98 Å². The number of aromatic nitrogens is 2. The molecule has 39 heavy (non-hydrogen) atoms. The predicted molar refractivity (Wildman–Crippen MR) is 158 cm³/mol. The number of rotatable bonds is 10. The summed E-state index contributed by atoms with van der Waals surface area (Å²) in [5.41, 5.74) is 11.5. The fourth-order valence-corrected chi connectivity index (χ4v) is 5.46. The van der Waals surface area contributed by atoms with Crippen molar-refractivity contribution >= 4 is 28.5 Å². The predicted octanol–water partition coefficient (Wildman–Crippen LogP) is 4.96. The summed E-state index contributed by atoms with van der Waals surface area (Å²) in [5.74, 6) is 1.87. The van der Waals surface area contributed by atoms with Crippen LogP contribution in [0, 0.1) is 11.3 Å².